The van der Waals surface area contributed by atoms with E-state index in [0.29, 0.717) is 6.54 Å². The van der Waals surface area contributed by atoms with E-state index in [9.17, 15) is 9.59 Å². The predicted octanol–water partition coefficient (Wildman–Crippen LogP) is 1.63. The topological polar surface area (TPSA) is 60.9 Å². The molecular weight excluding hydrogens is 208 g/mol. The van der Waals surface area contributed by atoms with Gasteiger partial charge in [0, 0.05) is 19.6 Å². The predicted molar refractivity (Wildman–Crippen MR) is 62.4 cm³/mol. The fraction of sp³-hybridized carbons (Fsp3) is 0.818. The van der Waals surface area contributed by atoms with Gasteiger partial charge in [0.2, 0.25) is 0 Å². The summed E-state index contributed by atoms with van der Waals surface area (Å²) in [6.45, 7) is 7.94. The highest BCUT2D eigenvalue weighted by molar-refractivity contribution is 5.82. The Bertz CT molecular complexity index is 256. The first-order chi connectivity index (χ1) is 7.36. The fourth-order valence-electron chi connectivity index (χ4n) is 1.39. The van der Waals surface area contributed by atoms with Crippen LogP contribution in [0.1, 0.15) is 34.1 Å². The van der Waals surface area contributed by atoms with Crippen molar-refractivity contribution in [3.8, 4) is 0 Å². The van der Waals surface area contributed by atoms with Crippen molar-refractivity contribution in [3.63, 3.8) is 0 Å². The van der Waals surface area contributed by atoms with Crippen LogP contribution in [0.25, 0.3) is 0 Å². The van der Waals surface area contributed by atoms with Crippen molar-refractivity contribution in [2.45, 2.75) is 46.2 Å². The molecule has 0 saturated carbocycles. The van der Waals surface area contributed by atoms with E-state index in [1.807, 2.05) is 20.8 Å². The molecule has 0 saturated heterocycles. The van der Waals surface area contributed by atoms with Gasteiger partial charge in [-0.25, -0.2) is 9.59 Å². The molecule has 0 rings (SSSR count). The Morgan fingerprint density at radius 3 is 2.06 bits per heavy atom. The summed E-state index contributed by atoms with van der Waals surface area (Å²) in [5.41, 5.74) is 0. The summed E-state index contributed by atoms with van der Waals surface area (Å²) in [7, 11) is 1.52. The van der Waals surface area contributed by atoms with Gasteiger partial charge in [-0.05, 0) is 27.2 Å². The number of carbonyl (C=O) groups is 2. The third-order valence-electron chi connectivity index (χ3n) is 2.95. The molecular formula is C11H22N2O3. The molecule has 94 valence electrons. The van der Waals surface area contributed by atoms with Gasteiger partial charge in [0.15, 0.2) is 0 Å². The average Bonchev–Trinajstić information content (AvgIpc) is 2.27. The molecule has 0 heterocycles. The highest BCUT2D eigenvalue weighted by Crippen LogP contribution is 2.09. The molecule has 0 aromatic rings. The third-order valence-corrected chi connectivity index (χ3v) is 2.95. The van der Waals surface area contributed by atoms with Crippen molar-refractivity contribution in [3.05, 3.63) is 0 Å². The first-order valence-electron chi connectivity index (χ1n) is 5.62. The minimum absolute atomic E-state index is 0.126. The van der Waals surface area contributed by atoms with E-state index in [1.165, 1.54) is 18.9 Å². The highest BCUT2D eigenvalue weighted by atomic mass is 16.4. The lowest BCUT2D eigenvalue weighted by Gasteiger charge is -2.33. The van der Waals surface area contributed by atoms with E-state index in [1.54, 1.807) is 4.90 Å². The van der Waals surface area contributed by atoms with Crippen LogP contribution in [0.2, 0.25) is 0 Å². The van der Waals surface area contributed by atoms with Gasteiger partial charge in [0.05, 0.1) is 0 Å². The van der Waals surface area contributed by atoms with Crippen molar-refractivity contribution in [1.29, 1.82) is 0 Å². The average molecular weight is 230 g/mol. The molecule has 0 aliphatic heterocycles. The molecule has 16 heavy (non-hydrogen) atoms. The third kappa shape index (κ3) is 3.40. The van der Waals surface area contributed by atoms with Gasteiger partial charge in [0.25, 0.3) is 0 Å². The smallest absolute Gasteiger partial charge is 0.326 e. The second-order valence-corrected chi connectivity index (χ2v) is 3.95. The van der Waals surface area contributed by atoms with Crippen molar-refractivity contribution in [2.75, 3.05) is 13.6 Å². The van der Waals surface area contributed by atoms with Crippen LogP contribution in [-0.4, -0.2) is 52.6 Å². The highest BCUT2D eigenvalue weighted by Gasteiger charge is 2.27. The first-order valence-corrected chi connectivity index (χ1v) is 5.62. The summed E-state index contributed by atoms with van der Waals surface area (Å²) in [6, 6.07) is -0.904. The van der Waals surface area contributed by atoms with E-state index in [0.717, 1.165) is 6.42 Å². The lowest BCUT2D eigenvalue weighted by molar-refractivity contribution is -0.141. The summed E-state index contributed by atoms with van der Waals surface area (Å²) < 4.78 is 0. The minimum Gasteiger partial charge on any atom is -0.480 e. The molecule has 0 aliphatic rings. The van der Waals surface area contributed by atoms with Crippen LogP contribution in [0.3, 0.4) is 0 Å². The van der Waals surface area contributed by atoms with E-state index >= 15 is 0 Å². The van der Waals surface area contributed by atoms with E-state index < -0.39 is 12.0 Å². The molecule has 0 bridgehead atoms. The number of aliphatic carboxylic acids is 1. The van der Waals surface area contributed by atoms with Crippen molar-refractivity contribution in [2.24, 2.45) is 0 Å². The number of hydrogen-bond donors (Lipinski definition) is 1. The number of urea groups is 1. The quantitative estimate of drug-likeness (QED) is 0.781. The van der Waals surface area contributed by atoms with Gasteiger partial charge >= 0.3 is 12.0 Å². The Kier molecular flexibility index (Phi) is 5.85. The minimum atomic E-state index is -0.990. The zero-order valence-electron chi connectivity index (χ0n) is 10.7. The standard InChI is InChI=1S/C11H22N2O3/c1-6-8(3)13(7-2)11(16)12(5)9(4)10(14)15/h8-9H,6-7H2,1-5H3,(H,14,15). The monoisotopic (exact) mass is 230 g/mol. The van der Waals surface area contributed by atoms with Gasteiger partial charge in [-0.3, -0.25) is 0 Å². The molecule has 0 spiro atoms. The molecule has 0 aromatic heterocycles. The van der Waals surface area contributed by atoms with Crippen LogP contribution < -0.4 is 0 Å². The first kappa shape index (κ1) is 14.7. The number of rotatable bonds is 5. The zero-order valence-corrected chi connectivity index (χ0v) is 10.7. The molecule has 2 unspecified atom stereocenters. The molecule has 0 fully saturated rings. The molecule has 5 heteroatoms. The second kappa shape index (κ2) is 6.35. The number of carboxylic acid groups (broad SMARTS) is 1. The van der Waals surface area contributed by atoms with E-state index in [4.69, 9.17) is 5.11 Å². The summed E-state index contributed by atoms with van der Waals surface area (Å²) in [5.74, 6) is -0.990. The SMILES string of the molecule is CCC(C)N(CC)C(=O)N(C)C(C)C(=O)O. The van der Waals surface area contributed by atoms with Gasteiger partial charge in [-0.1, -0.05) is 6.92 Å². The number of nitrogens with zero attached hydrogens (tertiary/aromatic N) is 2. The van der Waals surface area contributed by atoms with Crippen LogP contribution in [0, 0.1) is 0 Å². The van der Waals surface area contributed by atoms with Crippen LogP contribution in [0.4, 0.5) is 4.79 Å². The van der Waals surface area contributed by atoms with Gasteiger partial charge in [0.1, 0.15) is 6.04 Å². The Hall–Kier alpha value is -1.26. The van der Waals surface area contributed by atoms with Crippen LogP contribution >= 0.6 is 0 Å². The molecule has 0 radical (unpaired) electrons. The van der Waals surface area contributed by atoms with Crippen LogP contribution in [-0.2, 0) is 4.79 Å². The Morgan fingerprint density at radius 2 is 1.75 bits per heavy atom. The fourth-order valence-corrected chi connectivity index (χ4v) is 1.39. The molecule has 0 aromatic carbocycles. The maximum Gasteiger partial charge on any atom is 0.326 e. The van der Waals surface area contributed by atoms with Crippen molar-refractivity contribution < 1.29 is 14.7 Å². The summed E-state index contributed by atoms with van der Waals surface area (Å²) >= 11 is 0. The Morgan fingerprint density at radius 1 is 1.25 bits per heavy atom. The van der Waals surface area contributed by atoms with Crippen molar-refractivity contribution >= 4 is 12.0 Å². The zero-order chi connectivity index (χ0) is 12.9. The Balaban J connectivity index is 4.68. The van der Waals surface area contributed by atoms with Gasteiger partial charge < -0.3 is 14.9 Å². The number of carbonyl (C=O) groups excluding carboxylic acids is 1. The molecule has 2 amide bonds. The van der Waals surface area contributed by atoms with E-state index in [2.05, 4.69) is 0 Å². The molecule has 0 aliphatic carbocycles. The van der Waals surface area contributed by atoms with Crippen LogP contribution in [0.5, 0.6) is 0 Å². The normalized spacial score (nSPS) is 14.1. The summed E-state index contributed by atoms with van der Waals surface area (Å²) in [4.78, 5) is 25.7. The molecule has 1 N–H and O–H groups in total. The molecule has 5 nitrogen and oxygen atoms in total. The van der Waals surface area contributed by atoms with Crippen molar-refractivity contribution in [1.82, 2.24) is 9.80 Å². The van der Waals surface area contributed by atoms with Gasteiger partial charge in [-0.2, -0.15) is 0 Å². The van der Waals surface area contributed by atoms with E-state index in [-0.39, 0.29) is 12.1 Å². The largest absolute Gasteiger partial charge is 0.480 e. The maximum absolute atomic E-state index is 12.0. The maximum atomic E-state index is 12.0. The number of amides is 2. The Labute approximate surface area is 97.0 Å². The lowest BCUT2D eigenvalue weighted by atomic mass is 10.2. The number of likely N-dealkylation sites (N-methyl/N-ethyl adjacent to an activating group) is 1. The summed E-state index contributed by atoms with van der Waals surface area (Å²) in [5, 5.41) is 8.84. The number of hydrogen-bond acceptors (Lipinski definition) is 2. The lowest BCUT2D eigenvalue weighted by Crippen LogP contribution is -2.50. The molecule has 2 atom stereocenters. The van der Waals surface area contributed by atoms with Gasteiger partial charge in [-0.15, -0.1) is 0 Å². The summed E-state index contributed by atoms with van der Waals surface area (Å²) in [6.07, 6.45) is 0.856. The van der Waals surface area contributed by atoms with Crippen LogP contribution in [0.15, 0.2) is 0 Å². The second-order valence-electron chi connectivity index (χ2n) is 3.95. The number of carboxylic acids is 1.